The Bertz CT molecular complexity index is 388. The van der Waals surface area contributed by atoms with Crippen molar-refractivity contribution < 1.29 is 4.79 Å². The molecule has 0 bridgehead atoms. The molecule has 15 heavy (non-hydrogen) atoms. The highest BCUT2D eigenvalue weighted by Crippen LogP contribution is 2.25. The molecule has 0 unspecified atom stereocenters. The lowest BCUT2D eigenvalue weighted by molar-refractivity contribution is 0.100. The van der Waals surface area contributed by atoms with Crippen LogP contribution in [0.1, 0.15) is 29.6 Å². The fraction of sp³-hybridized carbons (Fsp3) is 0.556. The summed E-state index contributed by atoms with van der Waals surface area (Å²) in [6.07, 6.45) is 3.37. The smallest absolute Gasteiger partial charge is 0.255 e. The third-order valence-electron chi connectivity index (χ3n) is 2.50. The van der Waals surface area contributed by atoms with Crippen molar-refractivity contribution in [2.75, 3.05) is 11.9 Å². The Morgan fingerprint density at radius 1 is 1.47 bits per heavy atom. The van der Waals surface area contributed by atoms with Crippen molar-refractivity contribution in [3.05, 3.63) is 10.2 Å². The molecule has 0 radical (unpaired) electrons. The van der Waals surface area contributed by atoms with Crippen LogP contribution in [0.5, 0.6) is 0 Å². The first kappa shape index (κ1) is 10.5. The average Bonchev–Trinajstić information content (AvgIpc) is 2.42. The molecule has 1 aromatic rings. The summed E-state index contributed by atoms with van der Waals surface area (Å²) in [5, 5.41) is 7.45. The van der Waals surface area contributed by atoms with Gasteiger partial charge >= 0.3 is 0 Å². The van der Waals surface area contributed by atoms with Gasteiger partial charge in [-0.15, -0.1) is 0 Å². The Morgan fingerprint density at radius 2 is 2.27 bits per heavy atom. The van der Waals surface area contributed by atoms with Gasteiger partial charge in [-0.3, -0.25) is 4.79 Å². The van der Waals surface area contributed by atoms with Crippen molar-refractivity contribution in [1.82, 2.24) is 9.78 Å². The summed E-state index contributed by atoms with van der Waals surface area (Å²) in [6.45, 7) is 1.69. The van der Waals surface area contributed by atoms with E-state index in [1.807, 2.05) is 4.68 Å². The van der Waals surface area contributed by atoms with Crippen molar-refractivity contribution in [2.45, 2.75) is 25.8 Å². The molecule has 1 aliphatic heterocycles. The van der Waals surface area contributed by atoms with Crippen molar-refractivity contribution in [3.8, 4) is 0 Å². The van der Waals surface area contributed by atoms with E-state index in [0.717, 1.165) is 31.7 Å². The Hall–Kier alpha value is -1.04. The number of carbonyl (C=O) groups is 1. The van der Waals surface area contributed by atoms with E-state index < -0.39 is 5.91 Å². The van der Waals surface area contributed by atoms with E-state index in [-0.39, 0.29) is 0 Å². The van der Waals surface area contributed by atoms with Crippen LogP contribution >= 0.6 is 15.9 Å². The maximum Gasteiger partial charge on any atom is 0.255 e. The number of aryl methyl sites for hydroxylation is 1. The summed E-state index contributed by atoms with van der Waals surface area (Å²) in [5.41, 5.74) is 5.77. The maximum atomic E-state index is 11.3. The molecule has 5 nitrogen and oxygen atoms in total. The Labute approximate surface area is 96.1 Å². The summed E-state index contributed by atoms with van der Waals surface area (Å²) in [5.74, 6) is 0.297. The van der Waals surface area contributed by atoms with Crippen LogP contribution in [0.4, 0.5) is 5.82 Å². The van der Waals surface area contributed by atoms with Crippen LogP contribution in [0.3, 0.4) is 0 Å². The van der Waals surface area contributed by atoms with Crippen LogP contribution in [-0.2, 0) is 6.54 Å². The first-order valence-electron chi connectivity index (χ1n) is 5.00. The van der Waals surface area contributed by atoms with Crippen molar-refractivity contribution in [3.63, 3.8) is 0 Å². The molecule has 0 spiro atoms. The van der Waals surface area contributed by atoms with Crippen LogP contribution in [0.25, 0.3) is 0 Å². The van der Waals surface area contributed by atoms with Gasteiger partial charge in [0, 0.05) is 13.1 Å². The third kappa shape index (κ3) is 1.99. The standard InChI is InChI=1S/C9H13BrN4O/c10-7-6(8(11)15)9-12-4-2-1-3-5-14(9)13-7/h12H,1-5H2,(H2,11,15). The zero-order chi connectivity index (χ0) is 10.8. The van der Waals surface area contributed by atoms with Gasteiger partial charge in [0.2, 0.25) is 0 Å². The SMILES string of the molecule is NC(=O)c1c(Br)nn2c1NCCCCC2. The minimum absolute atomic E-state index is 0.448. The second-order valence-corrected chi connectivity index (χ2v) is 4.34. The summed E-state index contributed by atoms with van der Waals surface area (Å²) in [4.78, 5) is 11.3. The average molecular weight is 273 g/mol. The summed E-state index contributed by atoms with van der Waals surface area (Å²) < 4.78 is 2.34. The van der Waals surface area contributed by atoms with Gasteiger partial charge in [-0.2, -0.15) is 5.10 Å². The topological polar surface area (TPSA) is 72.9 Å². The second-order valence-electron chi connectivity index (χ2n) is 3.59. The number of nitrogens with two attached hydrogens (primary N) is 1. The molecule has 1 amide bonds. The molecular formula is C9H13BrN4O. The molecule has 2 rings (SSSR count). The van der Waals surface area contributed by atoms with Crippen LogP contribution in [-0.4, -0.2) is 22.2 Å². The van der Waals surface area contributed by atoms with Crippen molar-refractivity contribution >= 4 is 27.7 Å². The highest BCUT2D eigenvalue weighted by atomic mass is 79.9. The number of hydrogen-bond donors (Lipinski definition) is 2. The first-order valence-corrected chi connectivity index (χ1v) is 5.79. The third-order valence-corrected chi connectivity index (χ3v) is 3.05. The molecule has 0 saturated carbocycles. The summed E-state index contributed by atoms with van der Waals surface area (Å²) in [7, 11) is 0. The van der Waals surface area contributed by atoms with Gasteiger partial charge in [0.1, 0.15) is 16.0 Å². The molecule has 0 aliphatic carbocycles. The Kier molecular flexibility index (Phi) is 2.95. The van der Waals surface area contributed by atoms with Crippen LogP contribution in [0.15, 0.2) is 4.60 Å². The fourth-order valence-corrected chi connectivity index (χ4v) is 2.34. The lowest BCUT2D eigenvalue weighted by Gasteiger charge is -2.14. The summed E-state index contributed by atoms with van der Waals surface area (Å²) in [6, 6.07) is 0. The van der Waals surface area contributed by atoms with E-state index in [0.29, 0.717) is 10.2 Å². The largest absolute Gasteiger partial charge is 0.370 e. The van der Waals surface area contributed by atoms with Gasteiger partial charge in [-0.25, -0.2) is 4.68 Å². The number of primary amides is 1. The van der Waals surface area contributed by atoms with E-state index in [1.54, 1.807) is 0 Å². The predicted molar refractivity (Wildman–Crippen MR) is 60.8 cm³/mol. The predicted octanol–water partition coefficient (Wildman–Crippen LogP) is 1.34. The Morgan fingerprint density at radius 3 is 3.00 bits per heavy atom. The molecular weight excluding hydrogens is 260 g/mol. The zero-order valence-electron chi connectivity index (χ0n) is 8.29. The molecule has 3 N–H and O–H groups in total. The molecule has 0 fully saturated rings. The van der Waals surface area contributed by atoms with Gasteiger partial charge in [0.05, 0.1) is 0 Å². The molecule has 0 aromatic carbocycles. The van der Waals surface area contributed by atoms with Gasteiger partial charge in [-0.05, 0) is 35.2 Å². The van der Waals surface area contributed by atoms with E-state index in [9.17, 15) is 4.79 Å². The number of anilines is 1. The van der Waals surface area contributed by atoms with Crippen molar-refractivity contribution in [2.24, 2.45) is 5.73 Å². The molecule has 0 atom stereocenters. The van der Waals surface area contributed by atoms with E-state index in [2.05, 4.69) is 26.3 Å². The first-order chi connectivity index (χ1) is 7.20. The number of amides is 1. The highest BCUT2D eigenvalue weighted by molar-refractivity contribution is 9.10. The number of carbonyl (C=O) groups excluding carboxylic acids is 1. The second kappa shape index (κ2) is 4.22. The van der Waals surface area contributed by atoms with Crippen molar-refractivity contribution in [1.29, 1.82) is 0 Å². The number of nitrogens with zero attached hydrogens (tertiary/aromatic N) is 2. The zero-order valence-corrected chi connectivity index (χ0v) is 9.88. The molecule has 1 aromatic heterocycles. The van der Waals surface area contributed by atoms with Crippen LogP contribution in [0.2, 0.25) is 0 Å². The number of fused-ring (bicyclic) bond motifs is 1. The van der Waals surface area contributed by atoms with Gasteiger partial charge in [0.25, 0.3) is 5.91 Å². The number of hydrogen-bond acceptors (Lipinski definition) is 3. The Balaban J connectivity index is 2.43. The normalized spacial score (nSPS) is 16.1. The summed E-state index contributed by atoms with van der Waals surface area (Å²) >= 11 is 3.26. The van der Waals surface area contributed by atoms with Gasteiger partial charge in [-0.1, -0.05) is 0 Å². The quantitative estimate of drug-likeness (QED) is 0.811. The van der Waals surface area contributed by atoms with E-state index in [1.165, 1.54) is 6.42 Å². The van der Waals surface area contributed by atoms with E-state index in [4.69, 9.17) is 5.73 Å². The van der Waals surface area contributed by atoms with Gasteiger partial charge in [0.15, 0.2) is 0 Å². The number of halogens is 1. The lowest BCUT2D eigenvalue weighted by Crippen LogP contribution is -2.18. The fourth-order valence-electron chi connectivity index (χ4n) is 1.76. The number of nitrogens with one attached hydrogen (secondary N) is 1. The van der Waals surface area contributed by atoms with Gasteiger partial charge < -0.3 is 11.1 Å². The number of rotatable bonds is 1. The maximum absolute atomic E-state index is 11.3. The minimum Gasteiger partial charge on any atom is -0.370 e. The van der Waals surface area contributed by atoms with Crippen LogP contribution in [0, 0.1) is 0 Å². The molecule has 1 aliphatic rings. The highest BCUT2D eigenvalue weighted by Gasteiger charge is 2.20. The molecule has 6 heteroatoms. The molecule has 0 saturated heterocycles. The van der Waals surface area contributed by atoms with E-state index >= 15 is 0 Å². The minimum atomic E-state index is -0.448. The molecule has 82 valence electrons. The van der Waals surface area contributed by atoms with Crippen LogP contribution < -0.4 is 11.1 Å². The molecule has 2 heterocycles. The lowest BCUT2D eigenvalue weighted by atomic mass is 10.2. The number of aromatic nitrogens is 2. The monoisotopic (exact) mass is 272 g/mol.